The second-order valence-electron chi connectivity index (χ2n) is 6.46. The van der Waals surface area contributed by atoms with Gasteiger partial charge in [-0.1, -0.05) is 23.8 Å². The molecule has 0 atom stereocenters. The molecule has 142 valence electrons. The Morgan fingerprint density at radius 1 is 1.19 bits per heavy atom. The first-order valence-corrected chi connectivity index (χ1v) is 9.53. The lowest BCUT2D eigenvalue weighted by Gasteiger charge is -2.14. The lowest BCUT2D eigenvalue weighted by atomic mass is 9.97. The van der Waals surface area contributed by atoms with Crippen molar-refractivity contribution in [3.8, 4) is 0 Å². The van der Waals surface area contributed by atoms with Crippen molar-refractivity contribution in [2.45, 2.75) is 39.0 Å². The molecule has 1 aliphatic rings. The Bertz CT molecular complexity index is 804. The van der Waals surface area contributed by atoms with Crippen LogP contribution in [0.3, 0.4) is 0 Å². The molecule has 1 aromatic carbocycles. The number of nitrogens with zero attached hydrogens (tertiary/aromatic N) is 2. The van der Waals surface area contributed by atoms with Crippen molar-refractivity contribution in [1.82, 2.24) is 9.97 Å². The highest BCUT2D eigenvalue weighted by molar-refractivity contribution is 5.96. The maximum atomic E-state index is 12.1. The Balaban J connectivity index is 1.62. The Morgan fingerprint density at radius 2 is 2.04 bits per heavy atom. The van der Waals surface area contributed by atoms with Crippen LogP contribution in [-0.2, 0) is 4.74 Å². The average molecular weight is 366 g/mol. The minimum absolute atomic E-state index is 0.338. The number of carbonyl (C=O) groups excluding carboxylic acids is 1. The third-order valence-corrected chi connectivity index (χ3v) is 4.49. The Hall–Kier alpha value is -2.89. The SMILES string of the molecule is CCOC(=O)c1ccccc1Nc1cc(NCCC2=CCCCC2)ncn1. The van der Waals surface area contributed by atoms with Crippen molar-refractivity contribution in [3.63, 3.8) is 0 Å². The monoisotopic (exact) mass is 366 g/mol. The van der Waals surface area contributed by atoms with Crippen molar-refractivity contribution in [2.24, 2.45) is 0 Å². The van der Waals surface area contributed by atoms with Crippen LogP contribution in [0.2, 0.25) is 0 Å². The fourth-order valence-corrected chi connectivity index (χ4v) is 3.12. The molecule has 0 bridgehead atoms. The fourth-order valence-electron chi connectivity index (χ4n) is 3.12. The topological polar surface area (TPSA) is 76.1 Å². The number of hydrogen-bond acceptors (Lipinski definition) is 6. The first-order valence-electron chi connectivity index (χ1n) is 9.53. The highest BCUT2D eigenvalue weighted by Crippen LogP contribution is 2.22. The van der Waals surface area contributed by atoms with Gasteiger partial charge in [0, 0.05) is 12.6 Å². The number of aromatic nitrogens is 2. The largest absolute Gasteiger partial charge is 0.462 e. The van der Waals surface area contributed by atoms with Crippen LogP contribution in [0.4, 0.5) is 17.3 Å². The van der Waals surface area contributed by atoms with Gasteiger partial charge in [0.25, 0.3) is 0 Å². The molecular formula is C21H26N4O2. The van der Waals surface area contributed by atoms with E-state index in [2.05, 4.69) is 26.7 Å². The number of carbonyl (C=O) groups is 1. The molecule has 6 heteroatoms. The summed E-state index contributed by atoms with van der Waals surface area (Å²) in [6.45, 7) is 2.98. The van der Waals surface area contributed by atoms with Crippen LogP contribution in [0.15, 0.2) is 48.3 Å². The van der Waals surface area contributed by atoms with Crippen LogP contribution < -0.4 is 10.6 Å². The second-order valence-corrected chi connectivity index (χ2v) is 6.46. The first kappa shape index (κ1) is 18.9. The molecule has 1 aromatic heterocycles. The van der Waals surface area contributed by atoms with Crippen molar-refractivity contribution >= 4 is 23.3 Å². The van der Waals surface area contributed by atoms with Gasteiger partial charge in [0.15, 0.2) is 0 Å². The van der Waals surface area contributed by atoms with E-state index in [9.17, 15) is 4.79 Å². The summed E-state index contributed by atoms with van der Waals surface area (Å²) in [4.78, 5) is 20.6. The number of hydrogen-bond donors (Lipinski definition) is 2. The van der Waals surface area contributed by atoms with Gasteiger partial charge in [-0.05, 0) is 51.2 Å². The summed E-state index contributed by atoms with van der Waals surface area (Å²) in [6.07, 6.45) is 9.94. The van der Waals surface area contributed by atoms with E-state index >= 15 is 0 Å². The molecule has 1 heterocycles. The van der Waals surface area contributed by atoms with Gasteiger partial charge in [0.05, 0.1) is 17.9 Å². The molecule has 0 unspecified atom stereocenters. The number of esters is 1. The molecular weight excluding hydrogens is 340 g/mol. The molecule has 0 aliphatic heterocycles. The normalized spacial score (nSPS) is 13.6. The van der Waals surface area contributed by atoms with Crippen LogP contribution in [0.1, 0.15) is 49.4 Å². The van der Waals surface area contributed by atoms with E-state index in [0.29, 0.717) is 23.7 Å². The molecule has 0 amide bonds. The van der Waals surface area contributed by atoms with Crippen molar-refractivity contribution in [3.05, 3.63) is 53.9 Å². The lowest BCUT2D eigenvalue weighted by molar-refractivity contribution is 0.0527. The predicted octanol–water partition coefficient (Wildman–Crippen LogP) is 4.70. The van der Waals surface area contributed by atoms with E-state index in [4.69, 9.17) is 4.74 Å². The number of anilines is 3. The molecule has 0 saturated carbocycles. The molecule has 2 aromatic rings. The van der Waals surface area contributed by atoms with E-state index in [0.717, 1.165) is 18.8 Å². The number of benzene rings is 1. The van der Waals surface area contributed by atoms with Crippen LogP contribution >= 0.6 is 0 Å². The summed E-state index contributed by atoms with van der Waals surface area (Å²) in [6, 6.07) is 9.08. The van der Waals surface area contributed by atoms with Crippen LogP contribution in [0.5, 0.6) is 0 Å². The average Bonchev–Trinajstić information content (AvgIpc) is 2.70. The molecule has 0 radical (unpaired) electrons. The number of rotatable bonds is 8. The van der Waals surface area contributed by atoms with Gasteiger partial charge in [-0.2, -0.15) is 0 Å². The maximum Gasteiger partial charge on any atom is 0.340 e. The van der Waals surface area contributed by atoms with E-state index in [1.807, 2.05) is 24.3 Å². The minimum Gasteiger partial charge on any atom is -0.462 e. The summed E-state index contributed by atoms with van der Waals surface area (Å²) in [5.41, 5.74) is 2.68. The van der Waals surface area contributed by atoms with Gasteiger partial charge >= 0.3 is 5.97 Å². The highest BCUT2D eigenvalue weighted by Gasteiger charge is 2.12. The molecule has 0 spiro atoms. The predicted molar refractivity (Wildman–Crippen MR) is 107 cm³/mol. The number of nitrogens with one attached hydrogen (secondary N) is 2. The van der Waals surface area contributed by atoms with Crippen LogP contribution in [0, 0.1) is 0 Å². The molecule has 6 nitrogen and oxygen atoms in total. The van der Waals surface area contributed by atoms with Gasteiger partial charge in [-0.15, -0.1) is 0 Å². The Morgan fingerprint density at radius 3 is 2.85 bits per heavy atom. The zero-order chi connectivity index (χ0) is 18.9. The number of ether oxygens (including phenoxy) is 1. The summed E-state index contributed by atoms with van der Waals surface area (Å²) >= 11 is 0. The molecule has 2 N–H and O–H groups in total. The zero-order valence-electron chi connectivity index (χ0n) is 15.7. The van der Waals surface area contributed by atoms with Crippen LogP contribution in [0.25, 0.3) is 0 Å². The number of para-hydroxylation sites is 1. The van der Waals surface area contributed by atoms with E-state index < -0.39 is 0 Å². The van der Waals surface area contributed by atoms with Crippen molar-refractivity contribution in [2.75, 3.05) is 23.8 Å². The Kier molecular flexibility index (Phi) is 6.79. The van der Waals surface area contributed by atoms with Crippen molar-refractivity contribution < 1.29 is 9.53 Å². The van der Waals surface area contributed by atoms with Gasteiger partial charge in [-0.3, -0.25) is 0 Å². The Labute approximate surface area is 160 Å². The summed E-state index contributed by atoms with van der Waals surface area (Å²) in [5.74, 6) is 1.03. The minimum atomic E-state index is -0.353. The standard InChI is InChI=1S/C21H26N4O2/c1-2-27-21(26)17-10-6-7-11-18(17)25-20-14-19(23-15-24-20)22-13-12-16-8-4-3-5-9-16/h6-8,10-11,14-15H,2-5,9,12-13H2,1H3,(H2,22,23,24,25). The smallest absolute Gasteiger partial charge is 0.340 e. The highest BCUT2D eigenvalue weighted by atomic mass is 16.5. The first-order chi connectivity index (χ1) is 13.3. The molecule has 0 saturated heterocycles. The third-order valence-electron chi connectivity index (χ3n) is 4.49. The third kappa shape index (κ3) is 5.54. The summed E-state index contributed by atoms with van der Waals surface area (Å²) in [5, 5.41) is 6.54. The van der Waals surface area contributed by atoms with Gasteiger partial charge in [-0.25, -0.2) is 14.8 Å². The molecule has 27 heavy (non-hydrogen) atoms. The molecule has 1 aliphatic carbocycles. The fraction of sp³-hybridized carbons (Fsp3) is 0.381. The zero-order valence-corrected chi connectivity index (χ0v) is 15.7. The quantitative estimate of drug-likeness (QED) is 0.521. The van der Waals surface area contributed by atoms with E-state index in [1.165, 1.54) is 37.6 Å². The summed E-state index contributed by atoms with van der Waals surface area (Å²) < 4.78 is 5.11. The van der Waals surface area contributed by atoms with E-state index in [1.54, 1.807) is 13.0 Å². The van der Waals surface area contributed by atoms with Gasteiger partial charge in [0.2, 0.25) is 0 Å². The molecule has 0 fully saturated rings. The van der Waals surface area contributed by atoms with Gasteiger partial charge < -0.3 is 15.4 Å². The maximum absolute atomic E-state index is 12.1. The van der Waals surface area contributed by atoms with Crippen molar-refractivity contribution in [1.29, 1.82) is 0 Å². The van der Waals surface area contributed by atoms with Gasteiger partial charge in [0.1, 0.15) is 18.0 Å². The number of allylic oxidation sites excluding steroid dienone is 1. The van der Waals surface area contributed by atoms with Crippen LogP contribution in [-0.4, -0.2) is 29.1 Å². The lowest BCUT2D eigenvalue weighted by Crippen LogP contribution is -2.09. The second kappa shape index (κ2) is 9.71. The molecule has 3 rings (SSSR count). The summed E-state index contributed by atoms with van der Waals surface area (Å²) in [7, 11) is 0. The van der Waals surface area contributed by atoms with E-state index in [-0.39, 0.29) is 5.97 Å².